The standard InChI is InChI=1S/C34H40N2O4/c1-23-21-25(19-20-29(23)27-16-10-7-11-17-27)13-12-18-28(22-30(37)38)32(39)36-31(34(3,4)5)33(40)35-24(2)26-14-8-6-9-15-26/h6-17,19-21,24,28,31H,18,22H2,1-5H3,(H,35,40)(H,36,39)(H,37,38)/b13-12+/t24-,28-,31-/m1/s1. The van der Waals surface area contributed by atoms with Gasteiger partial charge in [-0.2, -0.15) is 0 Å². The van der Waals surface area contributed by atoms with E-state index in [1.807, 2.05) is 94.4 Å². The number of allylic oxidation sites excluding steroid dienone is 1. The van der Waals surface area contributed by atoms with Crippen LogP contribution in [0.15, 0.2) is 84.9 Å². The molecule has 3 N–H and O–H groups in total. The van der Waals surface area contributed by atoms with Crippen LogP contribution in [-0.2, 0) is 14.4 Å². The van der Waals surface area contributed by atoms with Crippen LogP contribution >= 0.6 is 0 Å². The molecule has 3 aromatic rings. The van der Waals surface area contributed by atoms with E-state index >= 15 is 0 Å². The Labute approximate surface area is 237 Å². The maximum atomic E-state index is 13.3. The van der Waals surface area contributed by atoms with Crippen LogP contribution in [0.25, 0.3) is 17.2 Å². The maximum Gasteiger partial charge on any atom is 0.304 e. The monoisotopic (exact) mass is 540 g/mol. The summed E-state index contributed by atoms with van der Waals surface area (Å²) in [5, 5.41) is 15.3. The molecule has 0 spiro atoms. The summed E-state index contributed by atoms with van der Waals surface area (Å²) in [4.78, 5) is 38.2. The molecule has 0 aliphatic heterocycles. The highest BCUT2D eigenvalue weighted by Gasteiger charge is 2.35. The van der Waals surface area contributed by atoms with Gasteiger partial charge in [0.25, 0.3) is 0 Å². The zero-order valence-corrected chi connectivity index (χ0v) is 24.0. The van der Waals surface area contributed by atoms with Crippen molar-refractivity contribution in [1.29, 1.82) is 0 Å². The van der Waals surface area contributed by atoms with E-state index in [1.54, 1.807) is 0 Å². The van der Waals surface area contributed by atoms with E-state index in [0.29, 0.717) is 0 Å². The molecule has 0 aliphatic carbocycles. The molecule has 40 heavy (non-hydrogen) atoms. The Morgan fingerprint density at radius 1 is 0.875 bits per heavy atom. The lowest BCUT2D eigenvalue weighted by molar-refractivity contribution is -0.141. The zero-order valence-electron chi connectivity index (χ0n) is 24.0. The molecule has 0 radical (unpaired) electrons. The third kappa shape index (κ3) is 8.67. The Hall–Kier alpha value is -4.19. The third-order valence-corrected chi connectivity index (χ3v) is 6.93. The molecule has 0 bridgehead atoms. The Bertz CT molecular complexity index is 1330. The Balaban J connectivity index is 1.70. The summed E-state index contributed by atoms with van der Waals surface area (Å²) in [5.74, 6) is -2.64. The molecule has 0 saturated carbocycles. The number of rotatable bonds is 11. The highest BCUT2D eigenvalue weighted by molar-refractivity contribution is 5.90. The van der Waals surface area contributed by atoms with Crippen molar-refractivity contribution in [2.45, 2.75) is 59.5 Å². The molecule has 3 atom stereocenters. The molecule has 6 nitrogen and oxygen atoms in total. The summed E-state index contributed by atoms with van der Waals surface area (Å²) in [6, 6.07) is 24.8. The second-order valence-electron chi connectivity index (χ2n) is 11.3. The highest BCUT2D eigenvalue weighted by Crippen LogP contribution is 2.25. The number of carboxylic acid groups (broad SMARTS) is 1. The van der Waals surface area contributed by atoms with Crippen LogP contribution in [-0.4, -0.2) is 28.9 Å². The molecule has 3 rings (SSSR count). The van der Waals surface area contributed by atoms with Gasteiger partial charge in [-0.05, 0) is 53.5 Å². The average Bonchev–Trinajstić information content (AvgIpc) is 2.91. The number of hydrogen-bond acceptors (Lipinski definition) is 3. The first-order chi connectivity index (χ1) is 19.0. The number of hydrogen-bond donors (Lipinski definition) is 3. The van der Waals surface area contributed by atoms with Gasteiger partial charge >= 0.3 is 5.97 Å². The number of aliphatic carboxylic acids is 1. The first kappa shape index (κ1) is 30.4. The summed E-state index contributed by atoms with van der Waals surface area (Å²) in [6.07, 6.45) is 3.63. The van der Waals surface area contributed by atoms with Crippen molar-refractivity contribution < 1.29 is 19.5 Å². The van der Waals surface area contributed by atoms with E-state index in [4.69, 9.17) is 0 Å². The van der Waals surface area contributed by atoms with Crippen molar-refractivity contribution >= 4 is 23.9 Å². The third-order valence-electron chi connectivity index (χ3n) is 6.93. The molecule has 210 valence electrons. The van der Waals surface area contributed by atoms with Crippen LogP contribution in [0, 0.1) is 18.3 Å². The number of nitrogens with one attached hydrogen (secondary N) is 2. The van der Waals surface area contributed by atoms with Gasteiger partial charge in [0.2, 0.25) is 11.8 Å². The minimum atomic E-state index is -1.06. The van der Waals surface area contributed by atoms with Crippen LogP contribution < -0.4 is 10.6 Å². The van der Waals surface area contributed by atoms with E-state index in [0.717, 1.165) is 27.8 Å². The van der Waals surface area contributed by atoms with Crippen molar-refractivity contribution in [1.82, 2.24) is 10.6 Å². The summed E-state index contributed by atoms with van der Waals surface area (Å²) in [7, 11) is 0. The lowest BCUT2D eigenvalue weighted by Crippen LogP contribution is -2.55. The van der Waals surface area contributed by atoms with Crippen molar-refractivity contribution in [3.8, 4) is 11.1 Å². The number of carbonyl (C=O) groups excluding carboxylic acids is 2. The normalized spacial score (nSPS) is 13.8. The van der Waals surface area contributed by atoms with Crippen molar-refractivity contribution in [3.63, 3.8) is 0 Å². The van der Waals surface area contributed by atoms with E-state index in [-0.39, 0.29) is 24.8 Å². The molecule has 0 saturated heterocycles. The highest BCUT2D eigenvalue weighted by atomic mass is 16.4. The van der Waals surface area contributed by atoms with Crippen LogP contribution in [0.5, 0.6) is 0 Å². The Morgan fingerprint density at radius 2 is 1.50 bits per heavy atom. The van der Waals surface area contributed by atoms with Crippen molar-refractivity contribution in [2.75, 3.05) is 0 Å². The molecule has 0 fully saturated rings. The molecule has 0 heterocycles. The van der Waals surface area contributed by atoms with E-state index in [9.17, 15) is 19.5 Å². The molecule has 0 unspecified atom stereocenters. The number of aryl methyl sites for hydroxylation is 1. The summed E-state index contributed by atoms with van der Waals surface area (Å²) in [6.45, 7) is 9.56. The molecule has 2 amide bonds. The quantitative estimate of drug-likeness (QED) is 0.257. The minimum absolute atomic E-state index is 0.233. The van der Waals surface area contributed by atoms with Gasteiger partial charge in [0.05, 0.1) is 18.4 Å². The van der Waals surface area contributed by atoms with Gasteiger partial charge in [0, 0.05) is 0 Å². The number of carboxylic acids is 1. The van der Waals surface area contributed by atoms with E-state index < -0.39 is 29.3 Å². The number of amides is 2. The van der Waals surface area contributed by atoms with Gasteiger partial charge in [-0.25, -0.2) is 0 Å². The number of benzene rings is 3. The topological polar surface area (TPSA) is 95.5 Å². The summed E-state index contributed by atoms with van der Waals surface area (Å²) >= 11 is 0. The molecule has 3 aromatic carbocycles. The van der Waals surface area contributed by atoms with Gasteiger partial charge in [0.15, 0.2) is 0 Å². The van der Waals surface area contributed by atoms with Gasteiger partial charge < -0.3 is 15.7 Å². The largest absolute Gasteiger partial charge is 0.481 e. The second-order valence-corrected chi connectivity index (χ2v) is 11.3. The fourth-order valence-corrected chi connectivity index (χ4v) is 4.65. The first-order valence-electron chi connectivity index (χ1n) is 13.7. The SMILES string of the molecule is Cc1cc(/C=C/C[C@H](CC(=O)O)C(=O)N[C@H](C(=O)N[C@H](C)c2ccccc2)C(C)(C)C)ccc1-c1ccccc1. The smallest absolute Gasteiger partial charge is 0.304 e. The van der Waals surface area contributed by atoms with Crippen molar-refractivity contribution in [3.05, 3.63) is 102 Å². The van der Waals surface area contributed by atoms with Gasteiger partial charge in [-0.3, -0.25) is 14.4 Å². The predicted molar refractivity (Wildman–Crippen MR) is 160 cm³/mol. The van der Waals surface area contributed by atoms with E-state index in [2.05, 4.69) is 41.8 Å². The van der Waals surface area contributed by atoms with Gasteiger partial charge in [-0.15, -0.1) is 0 Å². The minimum Gasteiger partial charge on any atom is -0.481 e. The molecular weight excluding hydrogens is 500 g/mol. The molecule has 0 aliphatic rings. The van der Waals surface area contributed by atoms with E-state index in [1.165, 1.54) is 0 Å². The average molecular weight is 541 g/mol. The summed E-state index contributed by atoms with van der Waals surface area (Å²) in [5.41, 5.74) is 4.75. The van der Waals surface area contributed by atoms with Gasteiger partial charge in [0.1, 0.15) is 6.04 Å². The van der Waals surface area contributed by atoms with Crippen molar-refractivity contribution in [2.24, 2.45) is 11.3 Å². The Kier molecular flexibility index (Phi) is 10.4. The maximum absolute atomic E-state index is 13.3. The van der Waals surface area contributed by atoms with Crippen LogP contribution in [0.2, 0.25) is 0 Å². The first-order valence-corrected chi connectivity index (χ1v) is 13.7. The second kappa shape index (κ2) is 13.7. The number of carbonyl (C=O) groups is 3. The Morgan fingerprint density at radius 3 is 2.08 bits per heavy atom. The molecule has 6 heteroatoms. The van der Waals surface area contributed by atoms with Crippen LogP contribution in [0.1, 0.15) is 63.3 Å². The fraction of sp³-hybridized carbons (Fsp3) is 0.324. The fourth-order valence-electron chi connectivity index (χ4n) is 4.65. The van der Waals surface area contributed by atoms with Gasteiger partial charge in [-0.1, -0.05) is 112 Å². The molecular formula is C34H40N2O4. The lowest BCUT2D eigenvalue weighted by Gasteiger charge is -2.32. The zero-order chi connectivity index (χ0) is 29.3. The van der Waals surface area contributed by atoms with Crippen LogP contribution in [0.3, 0.4) is 0 Å². The summed E-state index contributed by atoms with van der Waals surface area (Å²) < 4.78 is 0. The lowest BCUT2D eigenvalue weighted by atomic mass is 9.85. The van der Waals surface area contributed by atoms with Crippen LogP contribution in [0.4, 0.5) is 0 Å². The molecule has 0 aromatic heterocycles. The predicted octanol–water partition coefficient (Wildman–Crippen LogP) is 6.56.